The third-order valence-corrected chi connectivity index (χ3v) is 4.13. The summed E-state index contributed by atoms with van der Waals surface area (Å²) in [6, 6.07) is 10.1. The molecule has 1 amide bonds. The lowest BCUT2D eigenvalue weighted by Gasteiger charge is -2.11. The van der Waals surface area contributed by atoms with Gasteiger partial charge in [-0.25, -0.2) is 0 Å². The van der Waals surface area contributed by atoms with Gasteiger partial charge in [-0.1, -0.05) is 23.2 Å². The lowest BCUT2D eigenvalue weighted by Crippen LogP contribution is -2.13. The van der Waals surface area contributed by atoms with Gasteiger partial charge >= 0.3 is 0 Å². The second kappa shape index (κ2) is 7.16. The Morgan fingerprint density at radius 3 is 2.67 bits per heavy atom. The van der Waals surface area contributed by atoms with E-state index in [1.165, 1.54) is 0 Å². The maximum Gasteiger partial charge on any atom is 0.259 e. The Kier molecular flexibility index (Phi) is 5.51. The molecule has 0 aliphatic heterocycles. The molecule has 0 aliphatic carbocycles. The number of ether oxygens (including phenoxy) is 1. The van der Waals surface area contributed by atoms with E-state index in [9.17, 15) is 4.79 Å². The molecule has 2 aromatic carbocycles. The van der Waals surface area contributed by atoms with E-state index >= 15 is 0 Å². The van der Waals surface area contributed by atoms with Crippen molar-refractivity contribution in [2.45, 2.75) is 6.92 Å². The van der Waals surface area contributed by atoms with Crippen molar-refractivity contribution in [1.29, 1.82) is 0 Å². The summed E-state index contributed by atoms with van der Waals surface area (Å²) in [5.41, 5.74) is 0.971. The number of carbonyl (C=O) groups is 1. The van der Waals surface area contributed by atoms with E-state index < -0.39 is 0 Å². The zero-order chi connectivity index (χ0) is 15.4. The zero-order valence-electron chi connectivity index (χ0n) is 11.1. The second-order valence-electron chi connectivity index (χ2n) is 4.16. The monoisotopic (exact) mass is 387 g/mol. The van der Waals surface area contributed by atoms with E-state index in [1.54, 1.807) is 36.4 Å². The molecule has 2 aromatic rings. The van der Waals surface area contributed by atoms with Crippen LogP contribution in [0.1, 0.15) is 17.3 Å². The molecule has 1 N–H and O–H groups in total. The maximum absolute atomic E-state index is 12.4. The number of nitrogens with one attached hydrogen (secondary N) is 1. The Bertz CT molecular complexity index is 677. The van der Waals surface area contributed by atoms with Crippen LogP contribution in [-0.4, -0.2) is 12.5 Å². The third kappa shape index (κ3) is 4.13. The van der Waals surface area contributed by atoms with Gasteiger partial charge in [0.2, 0.25) is 0 Å². The highest BCUT2D eigenvalue weighted by Gasteiger charge is 2.14. The van der Waals surface area contributed by atoms with Gasteiger partial charge in [0, 0.05) is 15.2 Å². The van der Waals surface area contributed by atoms with Gasteiger partial charge in [-0.2, -0.15) is 0 Å². The van der Waals surface area contributed by atoms with E-state index in [0.29, 0.717) is 33.7 Å². The number of benzene rings is 2. The quantitative estimate of drug-likeness (QED) is 0.760. The number of carbonyl (C=O) groups excluding carboxylic acids is 1. The van der Waals surface area contributed by atoms with Crippen LogP contribution in [0.15, 0.2) is 40.9 Å². The van der Waals surface area contributed by atoms with Crippen LogP contribution in [0.4, 0.5) is 5.69 Å². The average molecular weight is 389 g/mol. The first-order valence-corrected chi connectivity index (χ1v) is 7.75. The first-order valence-electron chi connectivity index (χ1n) is 6.20. The molecule has 3 nitrogen and oxygen atoms in total. The number of rotatable bonds is 4. The van der Waals surface area contributed by atoms with Crippen molar-refractivity contribution in [1.82, 2.24) is 0 Å². The highest BCUT2D eigenvalue weighted by Crippen LogP contribution is 2.27. The maximum atomic E-state index is 12.4. The molecule has 0 fully saturated rings. The van der Waals surface area contributed by atoms with E-state index in [-0.39, 0.29) is 5.91 Å². The molecule has 2 rings (SSSR count). The van der Waals surface area contributed by atoms with E-state index in [2.05, 4.69) is 21.2 Å². The van der Waals surface area contributed by atoms with E-state index in [4.69, 9.17) is 27.9 Å². The van der Waals surface area contributed by atoms with Crippen LogP contribution < -0.4 is 10.1 Å². The van der Waals surface area contributed by atoms with Gasteiger partial charge in [0.1, 0.15) is 5.75 Å². The lowest BCUT2D eigenvalue weighted by atomic mass is 10.2. The van der Waals surface area contributed by atoms with E-state index in [1.807, 2.05) is 6.92 Å². The van der Waals surface area contributed by atoms with Crippen molar-refractivity contribution in [2.75, 3.05) is 11.9 Å². The minimum atomic E-state index is -0.306. The fourth-order valence-corrected chi connectivity index (χ4v) is 2.33. The molecule has 0 atom stereocenters. The first-order chi connectivity index (χ1) is 10.0. The summed E-state index contributed by atoms with van der Waals surface area (Å²) in [6.07, 6.45) is 0. The lowest BCUT2D eigenvalue weighted by molar-refractivity contribution is 0.102. The van der Waals surface area contributed by atoms with E-state index in [0.717, 1.165) is 4.47 Å². The highest BCUT2D eigenvalue weighted by molar-refractivity contribution is 9.10. The molecule has 110 valence electrons. The third-order valence-electron chi connectivity index (χ3n) is 2.66. The summed E-state index contributed by atoms with van der Waals surface area (Å²) >= 11 is 15.3. The molecule has 0 aliphatic rings. The molecule has 0 saturated carbocycles. The largest absolute Gasteiger partial charge is 0.493 e. The predicted molar refractivity (Wildman–Crippen MR) is 89.7 cm³/mol. The Hall–Kier alpha value is -1.23. The highest BCUT2D eigenvalue weighted by atomic mass is 79.9. The summed E-state index contributed by atoms with van der Waals surface area (Å²) in [5, 5.41) is 3.76. The van der Waals surface area contributed by atoms with Gasteiger partial charge in [0.25, 0.3) is 5.91 Å². The summed E-state index contributed by atoms with van der Waals surface area (Å²) in [7, 11) is 0. The summed E-state index contributed by atoms with van der Waals surface area (Å²) in [6.45, 7) is 2.32. The molecular formula is C15H12BrCl2NO2. The molecule has 0 radical (unpaired) electrons. The van der Waals surface area contributed by atoms with Crippen LogP contribution in [-0.2, 0) is 0 Å². The number of halogens is 3. The van der Waals surface area contributed by atoms with Crippen molar-refractivity contribution in [3.63, 3.8) is 0 Å². The molecule has 21 heavy (non-hydrogen) atoms. The molecule has 0 saturated heterocycles. The number of amides is 1. The van der Waals surface area contributed by atoms with Gasteiger partial charge in [-0.05, 0) is 59.3 Å². The molecule has 0 bridgehead atoms. The minimum Gasteiger partial charge on any atom is -0.493 e. The molecular weight excluding hydrogens is 377 g/mol. The fourth-order valence-electron chi connectivity index (χ4n) is 1.73. The number of anilines is 1. The van der Waals surface area contributed by atoms with Crippen LogP contribution in [0.5, 0.6) is 5.75 Å². The summed E-state index contributed by atoms with van der Waals surface area (Å²) in [5.74, 6) is 0.182. The standard InChI is InChI=1S/C15H12BrCl2NO2/c1-2-21-14-6-3-9(17)7-11(14)15(20)19-10-4-5-12(16)13(18)8-10/h3-8H,2H2,1H3,(H,19,20). The van der Waals surface area contributed by atoms with Gasteiger partial charge in [-0.3, -0.25) is 4.79 Å². The Labute approximate surface area is 141 Å². The normalized spacial score (nSPS) is 10.3. The predicted octanol–water partition coefficient (Wildman–Crippen LogP) is 5.41. The van der Waals surface area contributed by atoms with Crippen LogP contribution >= 0.6 is 39.1 Å². The fraction of sp³-hybridized carbons (Fsp3) is 0.133. The van der Waals surface area contributed by atoms with Crippen molar-refractivity contribution in [3.05, 3.63) is 56.5 Å². The Morgan fingerprint density at radius 1 is 1.24 bits per heavy atom. The first kappa shape index (κ1) is 16.1. The van der Waals surface area contributed by atoms with Gasteiger partial charge < -0.3 is 10.1 Å². The molecule has 0 heterocycles. The molecule has 0 aromatic heterocycles. The molecule has 0 spiro atoms. The van der Waals surface area contributed by atoms with Crippen LogP contribution in [0, 0.1) is 0 Å². The van der Waals surface area contributed by atoms with Crippen molar-refractivity contribution in [2.24, 2.45) is 0 Å². The van der Waals surface area contributed by atoms with Crippen LogP contribution in [0.3, 0.4) is 0 Å². The Balaban J connectivity index is 2.27. The van der Waals surface area contributed by atoms with Crippen LogP contribution in [0.25, 0.3) is 0 Å². The topological polar surface area (TPSA) is 38.3 Å². The SMILES string of the molecule is CCOc1ccc(Cl)cc1C(=O)Nc1ccc(Br)c(Cl)c1. The summed E-state index contributed by atoms with van der Waals surface area (Å²) in [4.78, 5) is 12.4. The summed E-state index contributed by atoms with van der Waals surface area (Å²) < 4.78 is 6.20. The molecule has 6 heteroatoms. The van der Waals surface area contributed by atoms with Crippen molar-refractivity contribution in [3.8, 4) is 5.75 Å². The van der Waals surface area contributed by atoms with Gasteiger partial charge in [0.05, 0.1) is 17.2 Å². The molecule has 0 unspecified atom stereocenters. The van der Waals surface area contributed by atoms with Crippen molar-refractivity contribution < 1.29 is 9.53 Å². The van der Waals surface area contributed by atoms with Gasteiger partial charge in [-0.15, -0.1) is 0 Å². The zero-order valence-corrected chi connectivity index (χ0v) is 14.2. The minimum absolute atomic E-state index is 0.306. The number of hydrogen-bond acceptors (Lipinski definition) is 2. The number of hydrogen-bond donors (Lipinski definition) is 1. The smallest absolute Gasteiger partial charge is 0.259 e. The van der Waals surface area contributed by atoms with Crippen LogP contribution in [0.2, 0.25) is 10.0 Å². The van der Waals surface area contributed by atoms with Gasteiger partial charge in [0.15, 0.2) is 0 Å². The Morgan fingerprint density at radius 2 is 2.00 bits per heavy atom. The average Bonchev–Trinajstić information content (AvgIpc) is 2.45. The second-order valence-corrected chi connectivity index (χ2v) is 5.85. The van der Waals surface area contributed by atoms with Crippen molar-refractivity contribution >= 4 is 50.7 Å².